The highest BCUT2D eigenvalue weighted by molar-refractivity contribution is 5.96. The number of methoxy groups -OCH3 is 1. The molecule has 2 aromatic rings. The molecule has 2 rings (SSSR count). The van der Waals surface area contributed by atoms with Gasteiger partial charge in [0.05, 0.1) is 12.7 Å². The van der Waals surface area contributed by atoms with Crippen molar-refractivity contribution in [3.8, 4) is 11.5 Å². The maximum Gasteiger partial charge on any atom is 0.257 e. The number of amides is 1. The molecule has 5 heteroatoms. The van der Waals surface area contributed by atoms with Gasteiger partial charge >= 0.3 is 0 Å². The molecule has 2 aromatic carbocycles. The van der Waals surface area contributed by atoms with Crippen LogP contribution in [-0.2, 0) is 6.54 Å². The molecule has 0 aliphatic heterocycles. The van der Waals surface area contributed by atoms with Crippen LogP contribution in [0.1, 0.15) is 15.9 Å². The maximum atomic E-state index is 13.2. The van der Waals surface area contributed by atoms with E-state index in [0.717, 1.165) is 17.7 Å². The van der Waals surface area contributed by atoms with Crippen LogP contribution >= 0.6 is 0 Å². The van der Waals surface area contributed by atoms with Crippen molar-refractivity contribution < 1.29 is 19.0 Å². The first kappa shape index (κ1) is 14.8. The van der Waals surface area contributed by atoms with Crippen molar-refractivity contribution in [1.82, 2.24) is 4.90 Å². The topological polar surface area (TPSA) is 49.8 Å². The Balaban J connectivity index is 2.17. The van der Waals surface area contributed by atoms with Gasteiger partial charge in [0.15, 0.2) is 0 Å². The fourth-order valence-corrected chi connectivity index (χ4v) is 2.00. The Kier molecular flexibility index (Phi) is 4.42. The molecule has 21 heavy (non-hydrogen) atoms. The summed E-state index contributed by atoms with van der Waals surface area (Å²) in [6.45, 7) is 0.325. The Hall–Kier alpha value is -2.56. The standard InChI is InChI=1S/C16H16FNO3/c1-18(10-11-4-3-5-13(8-11)21-2)16(20)14-9-12(17)6-7-15(14)19/h3-9,19H,10H2,1-2H3. The molecule has 0 spiro atoms. The molecule has 1 amide bonds. The summed E-state index contributed by atoms with van der Waals surface area (Å²) in [5, 5.41) is 9.67. The van der Waals surface area contributed by atoms with Crippen molar-refractivity contribution in [3.63, 3.8) is 0 Å². The molecule has 0 bridgehead atoms. The van der Waals surface area contributed by atoms with Crippen LogP contribution in [0.3, 0.4) is 0 Å². The minimum Gasteiger partial charge on any atom is -0.507 e. The molecule has 0 fully saturated rings. The van der Waals surface area contributed by atoms with Crippen molar-refractivity contribution >= 4 is 5.91 Å². The van der Waals surface area contributed by atoms with Crippen molar-refractivity contribution in [2.24, 2.45) is 0 Å². The van der Waals surface area contributed by atoms with Gasteiger partial charge in [-0.15, -0.1) is 0 Å². The predicted octanol–water partition coefficient (Wildman–Crippen LogP) is 2.81. The number of hydrogen-bond donors (Lipinski definition) is 1. The normalized spacial score (nSPS) is 10.2. The summed E-state index contributed by atoms with van der Waals surface area (Å²) in [6.07, 6.45) is 0. The first-order valence-electron chi connectivity index (χ1n) is 6.38. The summed E-state index contributed by atoms with van der Waals surface area (Å²) in [5.41, 5.74) is 0.821. The van der Waals surface area contributed by atoms with Crippen LogP contribution < -0.4 is 4.74 Å². The molecule has 0 atom stereocenters. The lowest BCUT2D eigenvalue weighted by Crippen LogP contribution is -2.26. The van der Waals surface area contributed by atoms with E-state index in [9.17, 15) is 14.3 Å². The van der Waals surface area contributed by atoms with Gasteiger partial charge < -0.3 is 14.7 Å². The Morgan fingerprint density at radius 3 is 2.76 bits per heavy atom. The van der Waals surface area contributed by atoms with E-state index in [4.69, 9.17) is 4.74 Å². The van der Waals surface area contributed by atoms with Gasteiger partial charge in [0, 0.05) is 13.6 Å². The third-order valence-electron chi connectivity index (χ3n) is 3.09. The third-order valence-corrected chi connectivity index (χ3v) is 3.09. The van der Waals surface area contributed by atoms with Gasteiger partial charge in [-0.1, -0.05) is 12.1 Å². The highest BCUT2D eigenvalue weighted by Crippen LogP contribution is 2.21. The van der Waals surface area contributed by atoms with Gasteiger partial charge in [-0.25, -0.2) is 4.39 Å². The Labute approximate surface area is 122 Å². The van der Waals surface area contributed by atoms with Crippen molar-refractivity contribution in [1.29, 1.82) is 0 Å². The molecule has 0 saturated carbocycles. The third kappa shape index (κ3) is 3.51. The summed E-state index contributed by atoms with van der Waals surface area (Å²) in [7, 11) is 3.16. The lowest BCUT2D eigenvalue weighted by atomic mass is 10.1. The minimum atomic E-state index is -0.564. The van der Waals surface area contributed by atoms with E-state index < -0.39 is 11.7 Å². The number of aromatic hydroxyl groups is 1. The van der Waals surface area contributed by atoms with Gasteiger partial charge in [0.25, 0.3) is 5.91 Å². The fourth-order valence-electron chi connectivity index (χ4n) is 2.00. The number of nitrogens with zero attached hydrogens (tertiary/aromatic N) is 1. The van der Waals surface area contributed by atoms with Crippen LogP contribution in [-0.4, -0.2) is 30.1 Å². The number of phenolic OH excluding ortho intramolecular Hbond substituents is 1. The molecule has 110 valence electrons. The zero-order valence-corrected chi connectivity index (χ0v) is 11.8. The fraction of sp³-hybridized carbons (Fsp3) is 0.188. The highest BCUT2D eigenvalue weighted by Gasteiger charge is 2.17. The number of carbonyl (C=O) groups is 1. The largest absolute Gasteiger partial charge is 0.507 e. The molecule has 0 unspecified atom stereocenters. The smallest absolute Gasteiger partial charge is 0.257 e. The van der Waals surface area contributed by atoms with Crippen LogP contribution in [0, 0.1) is 5.82 Å². The molecule has 0 saturated heterocycles. The van der Waals surface area contributed by atoms with E-state index in [0.29, 0.717) is 12.3 Å². The van der Waals surface area contributed by atoms with E-state index in [2.05, 4.69) is 0 Å². The monoisotopic (exact) mass is 289 g/mol. The zero-order chi connectivity index (χ0) is 15.4. The summed E-state index contributed by atoms with van der Waals surface area (Å²) >= 11 is 0. The first-order chi connectivity index (χ1) is 10.0. The second-order valence-corrected chi connectivity index (χ2v) is 4.67. The van der Waals surface area contributed by atoms with Crippen LogP contribution in [0.4, 0.5) is 4.39 Å². The van der Waals surface area contributed by atoms with E-state index in [1.54, 1.807) is 14.2 Å². The van der Waals surface area contributed by atoms with E-state index in [1.165, 1.54) is 11.0 Å². The predicted molar refractivity (Wildman–Crippen MR) is 76.9 cm³/mol. The lowest BCUT2D eigenvalue weighted by Gasteiger charge is -2.18. The zero-order valence-electron chi connectivity index (χ0n) is 11.8. The van der Waals surface area contributed by atoms with Crippen LogP contribution in [0.25, 0.3) is 0 Å². The summed E-state index contributed by atoms with van der Waals surface area (Å²) in [4.78, 5) is 13.7. The van der Waals surface area contributed by atoms with E-state index in [1.807, 2.05) is 24.3 Å². The number of hydrogen-bond acceptors (Lipinski definition) is 3. The number of ether oxygens (including phenoxy) is 1. The molecule has 0 aliphatic carbocycles. The second-order valence-electron chi connectivity index (χ2n) is 4.67. The lowest BCUT2D eigenvalue weighted by molar-refractivity contribution is 0.0781. The summed E-state index contributed by atoms with van der Waals surface area (Å²) in [5.74, 6) is -0.554. The molecule has 1 N–H and O–H groups in total. The van der Waals surface area contributed by atoms with Crippen LogP contribution in [0.2, 0.25) is 0 Å². The van der Waals surface area contributed by atoms with Crippen molar-refractivity contribution in [3.05, 3.63) is 59.4 Å². The van der Waals surface area contributed by atoms with Gasteiger partial charge in [-0.2, -0.15) is 0 Å². The van der Waals surface area contributed by atoms with E-state index in [-0.39, 0.29) is 11.3 Å². The van der Waals surface area contributed by atoms with Gasteiger partial charge in [-0.3, -0.25) is 4.79 Å². The van der Waals surface area contributed by atoms with Crippen LogP contribution in [0.5, 0.6) is 11.5 Å². The molecule has 0 aromatic heterocycles. The SMILES string of the molecule is COc1cccc(CN(C)C(=O)c2cc(F)ccc2O)c1. The summed E-state index contributed by atoms with van der Waals surface area (Å²) in [6, 6.07) is 10.6. The van der Waals surface area contributed by atoms with Crippen molar-refractivity contribution in [2.45, 2.75) is 6.54 Å². The van der Waals surface area contributed by atoms with Crippen LogP contribution in [0.15, 0.2) is 42.5 Å². The Morgan fingerprint density at radius 2 is 2.05 bits per heavy atom. The number of halogens is 1. The van der Waals surface area contributed by atoms with E-state index >= 15 is 0 Å². The minimum absolute atomic E-state index is 0.0552. The highest BCUT2D eigenvalue weighted by atomic mass is 19.1. The van der Waals surface area contributed by atoms with Gasteiger partial charge in [-0.05, 0) is 35.9 Å². The number of carbonyl (C=O) groups excluding carboxylic acids is 1. The average molecular weight is 289 g/mol. The quantitative estimate of drug-likeness (QED) is 0.941. The number of rotatable bonds is 4. The van der Waals surface area contributed by atoms with Gasteiger partial charge in [0.2, 0.25) is 0 Å². The average Bonchev–Trinajstić information content (AvgIpc) is 2.49. The number of phenols is 1. The molecule has 0 aliphatic rings. The Bertz CT molecular complexity index is 658. The molecule has 0 radical (unpaired) electrons. The molecule has 4 nitrogen and oxygen atoms in total. The second kappa shape index (κ2) is 6.26. The molecular formula is C16H16FNO3. The maximum absolute atomic E-state index is 13.2. The summed E-state index contributed by atoms with van der Waals surface area (Å²) < 4.78 is 18.3. The van der Waals surface area contributed by atoms with Crippen molar-refractivity contribution in [2.75, 3.05) is 14.2 Å². The molecule has 0 heterocycles. The molecular weight excluding hydrogens is 273 g/mol. The van der Waals surface area contributed by atoms with Gasteiger partial charge in [0.1, 0.15) is 17.3 Å². The first-order valence-corrected chi connectivity index (χ1v) is 6.38. The number of benzene rings is 2. The Morgan fingerprint density at radius 1 is 1.29 bits per heavy atom.